The minimum absolute atomic E-state index is 0.0419. The standard InChI is InChI=1S/C6H14O4/c1-6(8,9-2)5-10-4-3-7/h7-8H,3-5H2,1-2H3. The predicted molar refractivity (Wildman–Crippen MR) is 35.5 cm³/mol. The Morgan fingerprint density at radius 2 is 2.10 bits per heavy atom. The van der Waals surface area contributed by atoms with E-state index in [0.29, 0.717) is 0 Å². The number of hydrogen-bond acceptors (Lipinski definition) is 4. The SMILES string of the molecule is COC(C)(O)COCCO. The van der Waals surface area contributed by atoms with Crippen molar-refractivity contribution >= 4 is 0 Å². The molecule has 0 aromatic carbocycles. The molecule has 1 unspecified atom stereocenters. The second-order valence-electron chi connectivity index (χ2n) is 2.16. The maximum absolute atomic E-state index is 9.12. The second kappa shape index (κ2) is 4.62. The summed E-state index contributed by atoms with van der Waals surface area (Å²) < 4.78 is 9.45. The Kier molecular flexibility index (Phi) is 4.55. The van der Waals surface area contributed by atoms with Gasteiger partial charge in [0, 0.05) is 7.11 Å². The van der Waals surface area contributed by atoms with Crippen molar-refractivity contribution in [1.82, 2.24) is 0 Å². The molecule has 0 rings (SSSR count). The van der Waals surface area contributed by atoms with Crippen molar-refractivity contribution in [3.05, 3.63) is 0 Å². The van der Waals surface area contributed by atoms with Crippen LogP contribution >= 0.6 is 0 Å². The Balaban J connectivity index is 3.28. The van der Waals surface area contributed by atoms with Crippen LogP contribution in [0, 0.1) is 0 Å². The van der Waals surface area contributed by atoms with Crippen molar-refractivity contribution in [1.29, 1.82) is 0 Å². The Hall–Kier alpha value is -0.160. The normalized spacial score (nSPS) is 16.8. The first-order chi connectivity index (χ1) is 4.62. The van der Waals surface area contributed by atoms with Crippen LogP contribution in [0.3, 0.4) is 0 Å². The van der Waals surface area contributed by atoms with Crippen LogP contribution in [0.2, 0.25) is 0 Å². The maximum Gasteiger partial charge on any atom is 0.186 e. The van der Waals surface area contributed by atoms with Gasteiger partial charge < -0.3 is 19.7 Å². The van der Waals surface area contributed by atoms with Crippen LogP contribution in [0.5, 0.6) is 0 Å². The smallest absolute Gasteiger partial charge is 0.186 e. The molecule has 4 nitrogen and oxygen atoms in total. The molecular weight excluding hydrogens is 136 g/mol. The van der Waals surface area contributed by atoms with Crippen molar-refractivity contribution in [2.45, 2.75) is 12.7 Å². The summed E-state index contributed by atoms with van der Waals surface area (Å²) in [5.41, 5.74) is 0. The molecule has 4 heteroatoms. The molecule has 0 aliphatic carbocycles. The third kappa shape index (κ3) is 4.69. The van der Waals surface area contributed by atoms with Gasteiger partial charge in [0.25, 0.3) is 0 Å². The van der Waals surface area contributed by atoms with E-state index in [9.17, 15) is 0 Å². The van der Waals surface area contributed by atoms with Crippen LogP contribution in [0.1, 0.15) is 6.92 Å². The van der Waals surface area contributed by atoms with Crippen molar-refractivity contribution in [2.24, 2.45) is 0 Å². The van der Waals surface area contributed by atoms with Gasteiger partial charge in [-0.05, 0) is 6.92 Å². The number of ether oxygens (including phenoxy) is 2. The zero-order valence-electron chi connectivity index (χ0n) is 6.33. The van der Waals surface area contributed by atoms with Crippen LogP contribution in [0.4, 0.5) is 0 Å². The van der Waals surface area contributed by atoms with Crippen molar-refractivity contribution < 1.29 is 19.7 Å². The molecule has 0 heterocycles. The maximum atomic E-state index is 9.12. The van der Waals surface area contributed by atoms with E-state index < -0.39 is 5.79 Å². The predicted octanol–water partition coefficient (Wildman–Crippen LogP) is -0.650. The first kappa shape index (κ1) is 9.84. The van der Waals surface area contributed by atoms with E-state index in [1.165, 1.54) is 14.0 Å². The molecule has 0 saturated carbocycles. The molecule has 0 fully saturated rings. The third-order valence-electron chi connectivity index (χ3n) is 1.05. The highest BCUT2D eigenvalue weighted by atomic mass is 16.6. The van der Waals surface area contributed by atoms with Gasteiger partial charge in [0.05, 0.1) is 13.2 Å². The van der Waals surface area contributed by atoms with E-state index in [4.69, 9.17) is 14.9 Å². The molecule has 0 aliphatic rings. The lowest BCUT2D eigenvalue weighted by Crippen LogP contribution is -2.33. The first-order valence-corrected chi connectivity index (χ1v) is 3.08. The lowest BCUT2D eigenvalue weighted by molar-refractivity contribution is -0.205. The Morgan fingerprint density at radius 3 is 2.50 bits per heavy atom. The number of rotatable bonds is 5. The lowest BCUT2D eigenvalue weighted by Gasteiger charge is -2.20. The Morgan fingerprint density at radius 1 is 1.50 bits per heavy atom. The van der Waals surface area contributed by atoms with Gasteiger partial charge in [-0.25, -0.2) is 0 Å². The third-order valence-corrected chi connectivity index (χ3v) is 1.05. The van der Waals surface area contributed by atoms with Gasteiger partial charge in [0.2, 0.25) is 0 Å². The van der Waals surface area contributed by atoms with Gasteiger partial charge in [0.1, 0.15) is 6.61 Å². The molecule has 1 atom stereocenters. The summed E-state index contributed by atoms with van der Waals surface area (Å²) in [6.07, 6.45) is 0. The van der Waals surface area contributed by atoms with Crippen molar-refractivity contribution in [2.75, 3.05) is 26.9 Å². The van der Waals surface area contributed by atoms with Crippen molar-refractivity contribution in [3.8, 4) is 0 Å². The average Bonchev–Trinajstić information content (AvgIpc) is 1.89. The lowest BCUT2D eigenvalue weighted by atomic mass is 10.3. The fraction of sp³-hybridized carbons (Fsp3) is 1.00. The summed E-state index contributed by atoms with van der Waals surface area (Å²) in [6.45, 7) is 1.74. The highest BCUT2D eigenvalue weighted by Crippen LogP contribution is 2.02. The van der Waals surface area contributed by atoms with E-state index in [1.54, 1.807) is 0 Å². The molecule has 0 aliphatic heterocycles. The van der Waals surface area contributed by atoms with Crippen LogP contribution in [-0.4, -0.2) is 42.9 Å². The fourth-order valence-corrected chi connectivity index (χ4v) is 0.385. The van der Waals surface area contributed by atoms with Gasteiger partial charge in [-0.3, -0.25) is 0 Å². The minimum Gasteiger partial charge on any atom is -0.394 e. The highest BCUT2D eigenvalue weighted by Gasteiger charge is 2.18. The van der Waals surface area contributed by atoms with E-state index in [-0.39, 0.29) is 19.8 Å². The second-order valence-corrected chi connectivity index (χ2v) is 2.16. The quantitative estimate of drug-likeness (QED) is 0.404. The first-order valence-electron chi connectivity index (χ1n) is 3.08. The highest BCUT2D eigenvalue weighted by molar-refractivity contribution is 4.55. The van der Waals surface area contributed by atoms with Gasteiger partial charge in [-0.15, -0.1) is 0 Å². The fourth-order valence-electron chi connectivity index (χ4n) is 0.385. The van der Waals surface area contributed by atoms with Gasteiger partial charge >= 0.3 is 0 Å². The molecule has 0 aromatic heterocycles. The monoisotopic (exact) mass is 150 g/mol. The molecule has 2 N–H and O–H groups in total. The molecule has 0 saturated heterocycles. The molecule has 62 valence electrons. The minimum atomic E-state index is -1.24. The van der Waals surface area contributed by atoms with E-state index in [0.717, 1.165) is 0 Å². The van der Waals surface area contributed by atoms with Crippen molar-refractivity contribution in [3.63, 3.8) is 0 Å². The summed E-state index contributed by atoms with van der Waals surface area (Å²) in [5, 5.41) is 17.4. The summed E-state index contributed by atoms with van der Waals surface area (Å²) in [6, 6.07) is 0. The summed E-state index contributed by atoms with van der Waals surface area (Å²) in [7, 11) is 1.39. The summed E-state index contributed by atoms with van der Waals surface area (Å²) in [5.74, 6) is -1.24. The largest absolute Gasteiger partial charge is 0.394 e. The van der Waals surface area contributed by atoms with E-state index >= 15 is 0 Å². The van der Waals surface area contributed by atoms with Crippen LogP contribution < -0.4 is 0 Å². The number of aliphatic hydroxyl groups is 2. The average molecular weight is 150 g/mol. The van der Waals surface area contributed by atoms with Crippen LogP contribution in [-0.2, 0) is 9.47 Å². The Bertz CT molecular complexity index is 81.8. The molecule has 0 bridgehead atoms. The summed E-state index contributed by atoms with van der Waals surface area (Å²) in [4.78, 5) is 0. The topological polar surface area (TPSA) is 58.9 Å². The molecule has 0 radical (unpaired) electrons. The molecule has 0 amide bonds. The summed E-state index contributed by atoms with van der Waals surface area (Å²) >= 11 is 0. The number of aliphatic hydroxyl groups excluding tert-OH is 1. The van der Waals surface area contributed by atoms with Gasteiger partial charge in [-0.1, -0.05) is 0 Å². The zero-order chi connectivity index (χ0) is 8.04. The Labute approximate surface area is 60.4 Å². The van der Waals surface area contributed by atoms with Crippen LogP contribution in [0.15, 0.2) is 0 Å². The number of methoxy groups -OCH3 is 1. The number of hydrogen-bond donors (Lipinski definition) is 2. The van der Waals surface area contributed by atoms with Crippen LogP contribution in [0.25, 0.3) is 0 Å². The molecular formula is C6H14O4. The van der Waals surface area contributed by atoms with Gasteiger partial charge in [0.15, 0.2) is 5.79 Å². The zero-order valence-corrected chi connectivity index (χ0v) is 6.33. The molecule has 0 aromatic rings. The van der Waals surface area contributed by atoms with Gasteiger partial charge in [-0.2, -0.15) is 0 Å². The molecule has 10 heavy (non-hydrogen) atoms. The van der Waals surface area contributed by atoms with E-state index in [1.807, 2.05) is 0 Å². The van der Waals surface area contributed by atoms with E-state index in [2.05, 4.69) is 4.74 Å². The molecule has 0 spiro atoms.